The Balaban J connectivity index is 1.99. The van der Waals surface area contributed by atoms with Gasteiger partial charge in [0.25, 0.3) is 0 Å². The number of rotatable bonds is 2. The summed E-state index contributed by atoms with van der Waals surface area (Å²) in [7, 11) is 0. The van der Waals surface area contributed by atoms with Crippen LogP contribution in [-0.2, 0) is 4.79 Å². The van der Waals surface area contributed by atoms with E-state index >= 15 is 0 Å². The molecule has 4 heteroatoms. The Kier molecular flexibility index (Phi) is 2.09. The first-order chi connectivity index (χ1) is 6.21. The van der Waals surface area contributed by atoms with Crippen molar-refractivity contribution in [3.63, 3.8) is 0 Å². The van der Waals surface area contributed by atoms with Crippen LogP contribution in [0, 0.1) is 0 Å². The van der Waals surface area contributed by atoms with Gasteiger partial charge in [0.05, 0.1) is 11.2 Å². The summed E-state index contributed by atoms with van der Waals surface area (Å²) in [5.74, 6) is -0.0443. The lowest BCUT2D eigenvalue weighted by molar-refractivity contribution is -0.123. The maximum atomic E-state index is 11.6. The van der Waals surface area contributed by atoms with Crippen LogP contribution in [0.5, 0.6) is 0 Å². The normalized spacial score (nSPS) is 19.2. The number of anilines is 1. The van der Waals surface area contributed by atoms with E-state index in [0.717, 1.165) is 24.9 Å². The van der Waals surface area contributed by atoms with Crippen LogP contribution in [0.2, 0.25) is 0 Å². The zero-order chi connectivity index (χ0) is 9.31. The number of carbonyl (C=O) groups excluding carboxylic acids is 1. The summed E-state index contributed by atoms with van der Waals surface area (Å²) in [5.41, 5.74) is 6.11. The molecule has 1 amide bonds. The fraction of sp³-hybridized carbons (Fsp3) is 0.444. The third-order valence-electron chi connectivity index (χ3n) is 2.48. The summed E-state index contributed by atoms with van der Waals surface area (Å²) in [6, 6.07) is 1.88. The minimum absolute atomic E-state index is 0.0443. The number of carbonyl (C=O) groups is 1. The van der Waals surface area contributed by atoms with Crippen molar-refractivity contribution >= 4 is 22.9 Å². The van der Waals surface area contributed by atoms with Gasteiger partial charge in [-0.15, -0.1) is 0 Å². The molecule has 0 bridgehead atoms. The van der Waals surface area contributed by atoms with Gasteiger partial charge in [-0.25, -0.2) is 0 Å². The van der Waals surface area contributed by atoms with E-state index in [0.29, 0.717) is 0 Å². The number of hydrogen-bond donors (Lipinski definition) is 2. The molecule has 1 aromatic heterocycles. The molecule has 3 nitrogen and oxygen atoms in total. The average molecular weight is 196 g/mol. The first-order valence-corrected chi connectivity index (χ1v) is 5.27. The molecule has 0 aromatic carbocycles. The van der Waals surface area contributed by atoms with E-state index in [1.165, 1.54) is 0 Å². The number of amides is 1. The van der Waals surface area contributed by atoms with Gasteiger partial charge < -0.3 is 11.1 Å². The summed E-state index contributed by atoms with van der Waals surface area (Å²) in [5, 5.41) is 6.64. The van der Waals surface area contributed by atoms with Crippen LogP contribution in [0.15, 0.2) is 16.8 Å². The number of thiophene rings is 1. The monoisotopic (exact) mass is 196 g/mol. The van der Waals surface area contributed by atoms with Gasteiger partial charge >= 0.3 is 0 Å². The van der Waals surface area contributed by atoms with Crippen LogP contribution in [0.25, 0.3) is 0 Å². The van der Waals surface area contributed by atoms with Crippen LogP contribution >= 0.6 is 11.3 Å². The Morgan fingerprint density at radius 3 is 2.85 bits per heavy atom. The Bertz CT molecular complexity index is 303. The van der Waals surface area contributed by atoms with Crippen LogP contribution in [-0.4, -0.2) is 11.4 Å². The molecular formula is C9H12N2OS. The fourth-order valence-electron chi connectivity index (χ4n) is 1.38. The first-order valence-electron chi connectivity index (χ1n) is 4.33. The number of nitrogens with one attached hydrogen (secondary N) is 1. The lowest BCUT2D eigenvalue weighted by atomic mass is 9.77. The van der Waals surface area contributed by atoms with Crippen molar-refractivity contribution in [1.82, 2.24) is 0 Å². The predicted molar refractivity (Wildman–Crippen MR) is 53.7 cm³/mol. The van der Waals surface area contributed by atoms with Crippen molar-refractivity contribution in [3.05, 3.63) is 16.8 Å². The second kappa shape index (κ2) is 3.12. The van der Waals surface area contributed by atoms with Gasteiger partial charge in [-0.2, -0.15) is 11.3 Å². The molecule has 1 aromatic rings. The van der Waals surface area contributed by atoms with Crippen LogP contribution in [0.1, 0.15) is 19.3 Å². The quantitative estimate of drug-likeness (QED) is 0.754. The van der Waals surface area contributed by atoms with E-state index in [4.69, 9.17) is 5.73 Å². The minimum atomic E-state index is -0.595. The highest BCUT2D eigenvalue weighted by atomic mass is 32.1. The zero-order valence-corrected chi connectivity index (χ0v) is 8.06. The smallest absolute Gasteiger partial charge is 0.244 e. The van der Waals surface area contributed by atoms with Crippen molar-refractivity contribution in [2.24, 2.45) is 5.73 Å². The Morgan fingerprint density at radius 2 is 2.38 bits per heavy atom. The minimum Gasteiger partial charge on any atom is -0.324 e. The highest BCUT2D eigenvalue weighted by molar-refractivity contribution is 7.08. The van der Waals surface area contributed by atoms with E-state index < -0.39 is 5.54 Å². The number of hydrogen-bond acceptors (Lipinski definition) is 3. The fourth-order valence-corrected chi connectivity index (χ4v) is 1.96. The maximum Gasteiger partial charge on any atom is 0.244 e. The molecule has 1 fully saturated rings. The number of nitrogens with two attached hydrogens (primary N) is 1. The van der Waals surface area contributed by atoms with Gasteiger partial charge in [-0.1, -0.05) is 0 Å². The highest BCUT2D eigenvalue weighted by Crippen LogP contribution is 2.30. The molecule has 1 saturated carbocycles. The van der Waals surface area contributed by atoms with E-state index in [1.807, 2.05) is 16.8 Å². The largest absolute Gasteiger partial charge is 0.324 e. The van der Waals surface area contributed by atoms with Crippen molar-refractivity contribution in [2.75, 3.05) is 5.32 Å². The lowest BCUT2D eigenvalue weighted by Crippen LogP contribution is -2.56. The molecule has 2 rings (SSSR count). The first kappa shape index (κ1) is 8.72. The Morgan fingerprint density at radius 1 is 1.62 bits per heavy atom. The summed E-state index contributed by atoms with van der Waals surface area (Å²) in [4.78, 5) is 11.6. The van der Waals surface area contributed by atoms with Crippen molar-refractivity contribution in [3.8, 4) is 0 Å². The lowest BCUT2D eigenvalue weighted by Gasteiger charge is -2.35. The standard InChI is InChI=1S/C9H12N2OS/c10-9(3-1-4-9)8(12)11-7-2-5-13-6-7/h2,5-6H,1,3-4,10H2,(H,11,12). The molecular weight excluding hydrogens is 184 g/mol. The molecule has 0 radical (unpaired) electrons. The SMILES string of the molecule is NC1(C(=O)Nc2ccsc2)CCC1. The van der Waals surface area contributed by atoms with Gasteiger partial charge in [0.1, 0.15) is 0 Å². The van der Waals surface area contributed by atoms with Crippen LogP contribution < -0.4 is 11.1 Å². The van der Waals surface area contributed by atoms with Gasteiger partial charge in [-0.3, -0.25) is 4.79 Å². The van der Waals surface area contributed by atoms with E-state index in [1.54, 1.807) is 11.3 Å². The highest BCUT2D eigenvalue weighted by Gasteiger charge is 2.40. The summed E-state index contributed by atoms with van der Waals surface area (Å²) < 4.78 is 0. The molecule has 70 valence electrons. The van der Waals surface area contributed by atoms with Gasteiger partial charge in [0, 0.05) is 5.38 Å². The Labute approximate surface area is 80.9 Å². The molecule has 13 heavy (non-hydrogen) atoms. The van der Waals surface area contributed by atoms with E-state index in [-0.39, 0.29) is 5.91 Å². The Hall–Kier alpha value is -0.870. The second-order valence-electron chi connectivity index (χ2n) is 3.48. The van der Waals surface area contributed by atoms with E-state index in [2.05, 4.69) is 5.32 Å². The molecule has 3 N–H and O–H groups in total. The van der Waals surface area contributed by atoms with Crippen molar-refractivity contribution in [2.45, 2.75) is 24.8 Å². The maximum absolute atomic E-state index is 11.6. The second-order valence-corrected chi connectivity index (χ2v) is 4.26. The molecule has 1 aliphatic carbocycles. The average Bonchev–Trinajstić information content (AvgIpc) is 2.52. The molecule has 0 atom stereocenters. The van der Waals surface area contributed by atoms with Crippen LogP contribution in [0.3, 0.4) is 0 Å². The zero-order valence-electron chi connectivity index (χ0n) is 7.25. The van der Waals surface area contributed by atoms with Crippen molar-refractivity contribution in [1.29, 1.82) is 0 Å². The molecule has 0 unspecified atom stereocenters. The van der Waals surface area contributed by atoms with Crippen molar-refractivity contribution < 1.29 is 4.79 Å². The third kappa shape index (κ3) is 1.59. The molecule has 0 saturated heterocycles. The van der Waals surface area contributed by atoms with E-state index in [9.17, 15) is 4.79 Å². The van der Waals surface area contributed by atoms with Gasteiger partial charge in [-0.05, 0) is 30.7 Å². The molecule has 0 spiro atoms. The molecule has 0 aliphatic heterocycles. The van der Waals surface area contributed by atoms with Gasteiger partial charge in [0.2, 0.25) is 5.91 Å². The predicted octanol–water partition coefficient (Wildman–Crippen LogP) is 1.57. The summed E-state index contributed by atoms with van der Waals surface area (Å²) >= 11 is 1.56. The van der Waals surface area contributed by atoms with Gasteiger partial charge in [0.15, 0.2) is 0 Å². The summed E-state index contributed by atoms with van der Waals surface area (Å²) in [6.07, 6.45) is 2.68. The topological polar surface area (TPSA) is 55.1 Å². The molecule has 1 aliphatic rings. The molecule has 1 heterocycles. The van der Waals surface area contributed by atoms with Crippen LogP contribution in [0.4, 0.5) is 5.69 Å². The summed E-state index contributed by atoms with van der Waals surface area (Å²) in [6.45, 7) is 0. The third-order valence-corrected chi connectivity index (χ3v) is 3.16.